The van der Waals surface area contributed by atoms with E-state index >= 15 is 0 Å². The van der Waals surface area contributed by atoms with Crippen molar-refractivity contribution in [3.8, 4) is 0 Å². The summed E-state index contributed by atoms with van der Waals surface area (Å²) in [4.78, 5) is 14.4. The maximum atomic E-state index is 12.5. The quantitative estimate of drug-likeness (QED) is 0.774. The second-order valence-electron chi connectivity index (χ2n) is 6.84. The van der Waals surface area contributed by atoms with E-state index in [9.17, 15) is 4.79 Å². The molecule has 128 valence electrons. The molecular formula is C19H24ClN3O. The average molecular weight is 346 g/mol. The molecule has 1 aromatic heterocycles. The molecule has 0 fully saturated rings. The van der Waals surface area contributed by atoms with Gasteiger partial charge in [0.05, 0.1) is 6.20 Å². The van der Waals surface area contributed by atoms with Crippen LogP contribution in [0.3, 0.4) is 0 Å². The lowest BCUT2D eigenvalue weighted by Crippen LogP contribution is -2.42. The molecule has 24 heavy (non-hydrogen) atoms. The number of hydrogen-bond donors (Lipinski definition) is 0. The fraction of sp³-hybridized carbons (Fsp3) is 0.474. The Kier molecular flexibility index (Phi) is 4.95. The van der Waals surface area contributed by atoms with Gasteiger partial charge in [-0.3, -0.25) is 9.48 Å². The first kappa shape index (κ1) is 17.0. The van der Waals surface area contributed by atoms with Gasteiger partial charge < -0.3 is 4.90 Å². The van der Waals surface area contributed by atoms with Crippen molar-refractivity contribution in [2.24, 2.45) is 0 Å². The Hall–Kier alpha value is -1.81. The number of benzene rings is 1. The Bertz CT molecular complexity index is 725. The van der Waals surface area contributed by atoms with Gasteiger partial charge in [-0.25, -0.2) is 0 Å². The zero-order valence-electron chi connectivity index (χ0n) is 14.4. The summed E-state index contributed by atoms with van der Waals surface area (Å²) in [5, 5.41) is 4.38. The van der Waals surface area contributed by atoms with E-state index < -0.39 is 0 Å². The predicted molar refractivity (Wildman–Crippen MR) is 96.2 cm³/mol. The first-order valence-corrected chi connectivity index (χ1v) is 9.01. The minimum Gasteiger partial charge on any atom is -0.333 e. The highest BCUT2D eigenvalue weighted by Gasteiger charge is 2.35. The Labute approximate surface area is 148 Å². The third kappa shape index (κ3) is 3.20. The largest absolute Gasteiger partial charge is 0.333 e. The summed E-state index contributed by atoms with van der Waals surface area (Å²) in [5.74, 6) is 0.310. The van der Waals surface area contributed by atoms with Crippen LogP contribution < -0.4 is 0 Å². The minimum atomic E-state index is -0.0152. The Morgan fingerprint density at radius 1 is 1.42 bits per heavy atom. The summed E-state index contributed by atoms with van der Waals surface area (Å²) < 4.78 is 1.92. The molecule has 0 spiro atoms. The average Bonchev–Trinajstić information content (AvgIpc) is 3.17. The van der Waals surface area contributed by atoms with Crippen LogP contribution in [0.1, 0.15) is 49.4 Å². The molecule has 0 unspecified atom stereocenters. The highest BCUT2D eigenvalue weighted by Crippen LogP contribution is 2.36. The summed E-state index contributed by atoms with van der Waals surface area (Å²) in [6.07, 6.45) is 4.76. The molecule has 2 atom stereocenters. The van der Waals surface area contributed by atoms with Crippen molar-refractivity contribution >= 4 is 17.5 Å². The number of fused-ring (bicyclic) bond motifs is 1. The third-order valence-corrected chi connectivity index (χ3v) is 5.15. The van der Waals surface area contributed by atoms with Crippen molar-refractivity contribution in [1.82, 2.24) is 14.7 Å². The van der Waals surface area contributed by atoms with Crippen LogP contribution in [0.25, 0.3) is 0 Å². The van der Waals surface area contributed by atoms with E-state index in [1.807, 2.05) is 22.0 Å². The molecule has 0 bridgehead atoms. The summed E-state index contributed by atoms with van der Waals surface area (Å²) in [5.41, 5.74) is 3.72. The number of alkyl halides is 1. The van der Waals surface area contributed by atoms with Crippen LogP contribution in [0.4, 0.5) is 0 Å². The monoisotopic (exact) mass is 345 g/mol. The highest BCUT2D eigenvalue weighted by molar-refractivity contribution is 6.27. The van der Waals surface area contributed by atoms with Crippen molar-refractivity contribution in [1.29, 1.82) is 0 Å². The van der Waals surface area contributed by atoms with Gasteiger partial charge >= 0.3 is 0 Å². The molecule has 0 saturated heterocycles. The zero-order chi connectivity index (χ0) is 17.3. The van der Waals surface area contributed by atoms with Crippen LogP contribution in [0.5, 0.6) is 0 Å². The molecule has 4 nitrogen and oxygen atoms in total. The van der Waals surface area contributed by atoms with E-state index in [1.54, 1.807) is 0 Å². The number of amides is 1. The first-order chi connectivity index (χ1) is 11.5. The second-order valence-corrected chi connectivity index (χ2v) is 7.10. The summed E-state index contributed by atoms with van der Waals surface area (Å²) in [6, 6.07) is 8.92. The molecule has 1 aliphatic rings. The van der Waals surface area contributed by atoms with Gasteiger partial charge in [0.15, 0.2) is 0 Å². The molecule has 1 aromatic carbocycles. The van der Waals surface area contributed by atoms with Gasteiger partial charge in [-0.1, -0.05) is 31.2 Å². The number of aromatic nitrogens is 2. The summed E-state index contributed by atoms with van der Waals surface area (Å²) in [6.45, 7) is 6.94. The van der Waals surface area contributed by atoms with E-state index in [2.05, 4.69) is 50.1 Å². The van der Waals surface area contributed by atoms with Gasteiger partial charge in [0.1, 0.15) is 5.88 Å². The number of carbonyl (C=O) groups excluding carboxylic acids is 1. The smallest absolute Gasteiger partial charge is 0.238 e. The fourth-order valence-electron chi connectivity index (χ4n) is 3.56. The van der Waals surface area contributed by atoms with Gasteiger partial charge in [-0.05, 0) is 31.4 Å². The molecule has 2 aromatic rings. The van der Waals surface area contributed by atoms with Crippen molar-refractivity contribution in [3.63, 3.8) is 0 Å². The van der Waals surface area contributed by atoms with Crippen molar-refractivity contribution in [3.05, 3.63) is 53.3 Å². The summed E-state index contributed by atoms with van der Waals surface area (Å²) >= 11 is 5.89. The van der Waals surface area contributed by atoms with Gasteiger partial charge in [0.25, 0.3) is 0 Å². The van der Waals surface area contributed by atoms with Crippen LogP contribution >= 0.6 is 11.6 Å². The molecule has 1 amide bonds. The molecular weight excluding hydrogens is 322 g/mol. The lowest BCUT2D eigenvalue weighted by Gasteiger charge is -2.31. The molecule has 0 aliphatic heterocycles. The van der Waals surface area contributed by atoms with E-state index in [4.69, 9.17) is 11.6 Å². The van der Waals surface area contributed by atoms with Crippen LogP contribution in [0.2, 0.25) is 0 Å². The van der Waals surface area contributed by atoms with Crippen LogP contribution in [0, 0.1) is 0 Å². The van der Waals surface area contributed by atoms with Crippen molar-refractivity contribution in [2.75, 3.05) is 5.88 Å². The Morgan fingerprint density at radius 2 is 2.17 bits per heavy atom. The van der Waals surface area contributed by atoms with Gasteiger partial charge in [0.2, 0.25) is 5.91 Å². The van der Waals surface area contributed by atoms with Crippen LogP contribution in [-0.4, -0.2) is 32.5 Å². The van der Waals surface area contributed by atoms with Crippen LogP contribution in [0.15, 0.2) is 36.7 Å². The van der Waals surface area contributed by atoms with Gasteiger partial charge in [-0.2, -0.15) is 5.10 Å². The number of carbonyl (C=O) groups is 1. The van der Waals surface area contributed by atoms with Gasteiger partial charge in [0, 0.05) is 36.3 Å². The normalized spacial score (nSPS) is 19.5. The zero-order valence-corrected chi connectivity index (χ0v) is 15.2. The minimum absolute atomic E-state index is 0.0118. The van der Waals surface area contributed by atoms with Crippen molar-refractivity contribution in [2.45, 2.75) is 51.7 Å². The lowest BCUT2D eigenvalue weighted by molar-refractivity contribution is -0.131. The predicted octanol–water partition coefficient (Wildman–Crippen LogP) is 3.76. The first-order valence-electron chi connectivity index (χ1n) is 8.47. The van der Waals surface area contributed by atoms with E-state index in [0.717, 1.165) is 12.0 Å². The Balaban J connectivity index is 1.84. The second kappa shape index (κ2) is 6.98. The maximum Gasteiger partial charge on any atom is 0.238 e. The standard InChI is InChI=1S/C19H24ClN3O/c1-13(2)23-12-15(10-21-23)11-22(19(24)9-20)18-8-16-6-4-5-7-17(16)14(18)3/h4-7,10,12-14,18H,8-9,11H2,1-3H3/t14-,18+/m0/s1. The SMILES string of the molecule is CC(C)n1cc(CN(C(=O)CCl)[C@@H]2Cc3ccccc3[C@@H]2C)cn1. The van der Waals surface area contributed by atoms with E-state index in [-0.39, 0.29) is 17.8 Å². The number of nitrogens with zero attached hydrogens (tertiary/aromatic N) is 3. The molecule has 5 heteroatoms. The molecule has 0 N–H and O–H groups in total. The maximum absolute atomic E-state index is 12.5. The number of hydrogen-bond acceptors (Lipinski definition) is 2. The van der Waals surface area contributed by atoms with Crippen LogP contribution in [-0.2, 0) is 17.8 Å². The molecule has 1 aliphatic carbocycles. The van der Waals surface area contributed by atoms with Gasteiger partial charge in [-0.15, -0.1) is 11.6 Å². The Morgan fingerprint density at radius 3 is 2.79 bits per heavy atom. The molecule has 0 saturated carbocycles. The van der Waals surface area contributed by atoms with E-state index in [0.29, 0.717) is 18.5 Å². The highest BCUT2D eigenvalue weighted by atomic mass is 35.5. The molecule has 1 heterocycles. The summed E-state index contributed by atoms with van der Waals surface area (Å²) in [7, 11) is 0. The van der Waals surface area contributed by atoms with E-state index in [1.165, 1.54) is 11.1 Å². The third-order valence-electron chi connectivity index (χ3n) is 4.92. The fourth-order valence-corrected chi connectivity index (χ4v) is 3.71. The van der Waals surface area contributed by atoms with Crippen molar-refractivity contribution < 1.29 is 4.79 Å². The molecule has 0 radical (unpaired) electrons. The molecule has 3 rings (SSSR count). The topological polar surface area (TPSA) is 38.1 Å². The number of halogens is 1. The number of rotatable bonds is 5. The lowest BCUT2D eigenvalue weighted by atomic mass is 9.99.